The maximum atomic E-state index is 11.6. The summed E-state index contributed by atoms with van der Waals surface area (Å²) in [4.78, 5) is 0. The lowest BCUT2D eigenvalue weighted by molar-refractivity contribution is 0.0614. The first-order valence-electron chi connectivity index (χ1n) is 4.63. The van der Waals surface area contributed by atoms with Crippen LogP contribution in [0.5, 0.6) is 0 Å². The van der Waals surface area contributed by atoms with Gasteiger partial charge < -0.3 is 5.11 Å². The third kappa shape index (κ3) is 3.57. The van der Waals surface area contributed by atoms with E-state index in [1.165, 1.54) is 6.07 Å². The summed E-state index contributed by atoms with van der Waals surface area (Å²) in [5.74, 6) is 0. The van der Waals surface area contributed by atoms with Crippen molar-refractivity contribution < 1.29 is 13.5 Å². The molecular weight excluding hydrogens is 234 g/mol. The molecule has 0 saturated carbocycles. The highest BCUT2D eigenvalue weighted by Gasteiger charge is 2.22. The average molecular weight is 249 g/mol. The first-order chi connectivity index (χ1) is 6.87. The van der Waals surface area contributed by atoms with E-state index in [1.54, 1.807) is 25.3 Å². The lowest BCUT2D eigenvalue weighted by Crippen LogP contribution is -2.39. The van der Waals surface area contributed by atoms with Crippen LogP contribution in [0.15, 0.2) is 21.7 Å². The van der Waals surface area contributed by atoms with E-state index in [0.717, 1.165) is 11.3 Å². The lowest BCUT2D eigenvalue weighted by Gasteiger charge is -2.21. The molecule has 0 amide bonds. The van der Waals surface area contributed by atoms with Crippen LogP contribution in [0.1, 0.15) is 20.3 Å². The summed E-state index contributed by atoms with van der Waals surface area (Å²) < 4.78 is 25.9. The Balaban J connectivity index is 2.67. The average Bonchev–Trinajstić information content (AvgIpc) is 2.69. The fourth-order valence-electron chi connectivity index (χ4n) is 0.863. The highest BCUT2D eigenvalue weighted by Crippen LogP contribution is 2.16. The molecule has 0 aliphatic carbocycles. The lowest BCUT2D eigenvalue weighted by atomic mass is 10.1. The van der Waals surface area contributed by atoms with E-state index >= 15 is 0 Å². The molecule has 2 N–H and O–H groups in total. The third-order valence-electron chi connectivity index (χ3n) is 2.16. The van der Waals surface area contributed by atoms with Crippen molar-refractivity contribution in [1.29, 1.82) is 0 Å². The first kappa shape index (κ1) is 12.6. The Morgan fingerprint density at radius 2 is 2.27 bits per heavy atom. The van der Waals surface area contributed by atoms with Crippen LogP contribution >= 0.6 is 11.3 Å². The summed E-state index contributed by atoms with van der Waals surface area (Å²) in [7, 11) is -3.45. The predicted molar refractivity (Wildman–Crippen MR) is 60.4 cm³/mol. The van der Waals surface area contributed by atoms with E-state index in [-0.39, 0.29) is 10.8 Å². The van der Waals surface area contributed by atoms with E-state index in [9.17, 15) is 13.5 Å². The van der Waals surface area contributed by atoms with E-state index in [0.29, 0.717) is 6.42 Å². The van der Waals surface area contributed by atoms with Gasteiger partial charge in [0.05, 0.1) is 5.60 Å². The largest absolute Gasteiger partial charge is 0.389 e. The zero-order valence-corrected chi connectivity index (χ0v) is 10.4. The highest BCUT2D eigenvalue weighted by molar-refractivity contribution is 7.91. The molecule has 1 atom stereocenters. The molecule has 0 bridgehead atoms. The van der Waals surface area contributed by atoms with E-state index < -0.39 is 15.6 Å². The molecule has 0 saturated heterocycles. The van der Waals surface area contributed by atoms with E-state index in [1.807, 2.05) is 0 Å². The summed E-state index contributed by atoms with van der Waals surface area (Å²) in [5, 5.41) is 11.4. The Labute approximate surface area is 94.0 Å². The summed E-state index contributed by atoms with van der Waals surface area (Å²) in [6.07, 6.45) is 0.500. The van der Waals surface area contributed by atoms with Gasteiger partial charge in [-0.2, -0.15) is 0 Å². The van der Waals surface area contributed by atoms with Gasteiger partial charge in [0.15, 0.2) is 0 Å². The van der Waals surface area contributed by atoms with Crippen LogP contribution in [-0.4, -0.2) is 25.7 Å². The van der Waals surface area contributed by atoms with E-state index in [4.69, 9.17) is 0 Å². The van der Waals surface area contributed by atoms with Crippen LogP contribution in [0.4, 0.5) is 0 Å². The van der Waals surface area contributed by atoms with Gasteiger partial charge in [-0.25, -0.2) is 13.1 Å². The molecule has 15 heavy (non-hydrogen) atoms. The summed E-state index contributed by atoms with van der Waals surface area (Å²) in [5.41, 5.74) is -0.996. The van der Waals surface area contributed by atoms with Gasteiger partial charge in [-0.15, -0.1) is 11.3 Å². The SMILES string of the molecule is CCC(C)(O)CNS(=O)(=O)c1cccs1. The molecule has 1 aromatic heterocycles. The number of rotatable bonds is 5. The normalized spacial score (nSPS) is 16.2. The fourth-order valence-corrected chi connectivity index (χ4v) is 3.06. The molecule has 86 valence electrons. The molecule has 0 aliphatic rings. The number of thiophene rings is 1. The molecule has 1 unspecified atom stereocenters. The van der Waals surface area contributed by atoms with Crippen molar-refractivity contribution in [3.63, 3.8) is 0 Å². The van der Waals surface area contributed by atoms with Crippen molar-refractivity contribution >= 4 is 21.4 Å². The Bertz CT molecular complexity index is 395. The molecule has 0 aromatic carbocycles. The molecule has 4 nitrogen and oxygen atoms in total. The summed E-state index contributed by atoms with van der Waals surface area (Å²) >= 11 is 1.16. The van der Waals surface area contributed by atoms with Crippen molar-refractivity contribution in [2.75, 3.05) is 6.54 Å². The summed E-state index contributed by atoms with van der Waals surface area (Å²) in [6.45, 7) is 3.44. The van der Waals surface area contributed by atoms with Gasteiger partial charge in [0.25, 0.3) is 0 Å². The Morgan fingerprint density at radius 3 is 2.73 bits per heavy atom. The molecule has 0 spiro atoms. The van der Waals surface area contributed by atoms with Gasteiger partial charge in [0.2, 0.25) is 10.0 Å². The Morgan fingerprint density at radius 1 is 1.60 bits per heavy atom. The zero-order valence-electron chi connectivity index (χ0n) is 8.73. The molecule has 6 heteroatoms. The standard InChI is InChI=1S/C9H15NO3S2/c1-3-9(2,11)7-10-15(12,13)8-5-4-6-14-8/h4-6,10-11H,3,7H2,1-2H3. The van der Waals surface area contributed by atoms with Gasteiger partial charge in [-0.05, 0) is 24.8 Å². The van der Waals surface area contributed by atoms with Crippen molar-refractivity contribution in [1.82, 2.24) is 4.72 Å². The maximum Gasteiger partial charge on any atom is 0.250 e. The number of aliphatic hydroxyl groups is 1. The Kier molecular flexibility index (Phi) is 3.88. The van der Waals surface area contributed by atoms with Crippen LogP contribution in [0.25, 0.3) is 0 Å². The highest BCUT2D eigenvalue weighted by atomic mass is 32.2. The van der Waals surface area contributed by atoms with Gasteiger partial charge in [-0.3, -0.25) is 0 Å². The zero-order chi connectivity index (χ0) is 11.5. The number of hydrogen-bond donors (Lipinski definition) is 2. The molecule has 1 heterocycles. The van der Waals surface area contributed by atoms with Gasteiger partial charge >= 0.3 is 0 Å². The second-order valence-corrected chi connectivity index (χ2v) is 6.55. The van der Waals surface area contributed by atoms with Crippen LogP contribution in [0.2, 0.25) is 0 Å². The fraction of sp³-hybridized carbons (Fsp3) is 0.556. The second kappa shape index (κ2) is 4.61. The topological polar surface area (TPSA) is 66.4 Å². The minimum Gasteiger partial charge on any atom is -0.389 e. The Hall–Kier alpha value is -0.430. The van der Waals surface area contributed by atoms with Crippen LogP contribution < -0.4 is 4.72 Å². The minimum absolute atomic E-state index is 0.0315. The van der Waals surface area contributed by atoms with Crippen molar-refractivity contribution in [2.24, 2.45) is 0 Å². The molecule has 1 aromatic rings. The van der Waals surface area contributed by atoms with Crippen LogP contribution in [-0.2, 0) is 10.0 Å². The predicted octanol–water partition coefficient (Wildman–Crippen LogP) is 1.19. The minimum atomic E-state index is -3.45. The van der Waals surface area contributed by atoms with Crippen LogP contribution in [0.3, 0.4) is 0 Å². The van der Waals surface area contributed by atoms with E-state index in [2.05, 4.69) is 4.72 Å². The van der Waals surface area contributed by atoms with Crippen molar-refractivity contribution in [2.45, 2.75) is 30.1 Å². The monoisotopic (exact) mass is 249 g/mol. The van der Waals surface area contributed by atoms with Gasteiger partial charge in [0.1, 0.15) is 4.21 Å². The second-order valence-electron chi connectivity index (χ2n) is 3.61. The summed E-state index contributed by atoms with van der Waals surface area (Å²) in [6, 6.07) is 3.21. The number of nitrogens with one attached hydrogen (secondary N) is 1. The van der Waals surface area contributed by atoms with Crippen molar-refractivity contribution in [3.8, 4) is 0 Å². The van der Waals surface area contributed by atoms with Crippen LogP contribution in [0, 0.1) is 0 Å². The number of hydrogen-bond acceptors (Lipinski definition) is 4. The van der Waals surface area contributed by atoms with Gasteiger partial charge in [-0.1, -0.05) is 13.0 Å². The molecule has 1 rings (SSSR count). The van der Waals surface area contributed by atoms with Crippen molar-refractivity contribution in [3.05, 3.63) is 17.5 Å². The quantitative estimate of drug-likeness (QED) is 0.823. The molecule has 0 fully saturated rings. The molecule has 0 radical (unpaired) electrons. The molecule has 0 aliphatic heterocycles. The smallest absolute Gasteiger partial charge is 0.250 e. The first-order valence-corrected chi connectivity index (χ1v) is 6.99. The molecular formula is C9H15NO3S2. The third-order valence-corrected chi connectivity index (χ3v) is 4.96. The maximum absolute atomic E-state index is 11.6. The van der Waals surface area contributed by atoms with Gasteiger partial charge in [0, 0.05) is 6.54 Å². The number of sulfonamides is 1.